The molecule has 1 saturated carbocycles. The molecule has 0 radical (unpaired) electrons. The van der Waals surface area contributed by atoms with E-state index in [0.717, 1.165) is 25.7 Å². The van der Waals surface area contributed by atoms with Crippen LogP contribution in [0.25, 0.3) is 0 Å². The van der Waals surface area contributed by atoms with E-state index in [2.05, 4.69) is 20.0 Å². The highest BCUT2D eigenvalue weighted by Crippen LogP contribution is 2.32. The quantitative estimate of drug-likeness (QED) is 0.438. The van der Waals surface area contributed by atoms with E-state index < -0.39 is 11.3 Å². The lowest BCUT2D eigenvalue weighted by Crippen LogP contribution is -2.27. The first kappa shape index (κ1) is 22.5. The summed E-state index contributed by atoms with van der Waals surface area (Å²) in [6, 6.07) is 5.57. The molecule has 1 fully saturated rings. The number of nitrogen functional groups attached to an aromatic ring is 1. The standard InChI is InChI=1S/C19H23F3N6O3/c20-19(21,22)31-14-3-1-2-12(8-14)10-25-18-26-15(16(28(29)30)17(24)27-18)9-11-4-6-13(23)7-5-11/h1-3,8,11,13H,4-7,9-10,23H2,(H3,24,25,26,27)/t11-,13-. The van der Waals surface area contributed by atoms with Crippen LogP contribution in [0, 0.1) is 16.0 Å². The molecule has 3 rings (SSSR count). The van der Waals surface area contributed by atoms with E-state index in [9.17, 15) is 23.3 Å². The van der Waals surface area contributed by atoms with Crippen molar-refractivity contribution < 1.29 is 22.8 Å². The van der Waals surface area contributed by atoms with Crippen LogP contribution < -0.4 is 21.5 Å². The Labute approximate surface area is 176 Å². The highest BCUT2D eigenvalue weighted by atomic mass is 19.4. The monoisotopic (exact) mass is 440 g/mol. The zero-order chi connectivity index (χ0) is 22.6. The van der Waals surface area contributed by atoms with Crippen molar-refractivity contribution in [2.75, 3.05) is 11.1 Å². The molecule has 1 heterocycles. The van der Waals surface area contributed by atoms with Gasteiger partial charge in [0.2, 0.25) is 11.8 Å². The highest BCUT2D eigenvalue weighted by Gasteiger charge is 2.31. The average molecular weight is 440 g/mol. The number of nitrogens with one attached hydrogen (secondary N) is 1. The Balaban J connectivity index is 1.75. The molecular weight excluding hydrogens is 417 g/mol. The van der Waals surface area contributed by atoms with Gasteiger partial charge in [-0.25, -0.2) is 4.98 Å². The smallest absolute Gasteiger partial charge is 0.406 e. The maximum absolute atomic E-state index is 12.4. The number of anilines is 2. The molecule has 2 aromatic rings. The van der Waals surface area contributed by atoms with Crippen molar-refractivity contribution in [2.24, 2.45) is 11.7 Å². The molecule has 1 aliphatic rings. The third kappa shape index (κ3) is 6.41. The Morgan fingerprint density at radius 2 is 1.94 bits per heavy atom. The van der Waals surface area contributed by atoms with E-state index in [1.807, 2.05) is 0 Å². The van der Waals surface area contributed by atoms with Crippen molar-refractivity contribution in [2.45, 2.75) is 51.1 Å². The summed E-state index contributed by atoms with van der Waals surface area (Å²) in [5.74, 6) is -0.351. The van der Waals surface area contributed by atoms with E-state index in [1.165, 1.54) is 18.2 Å². The van der Waals surface area contributed by atoms with Crippen molar-refractivity contribution in [1.82, 2.24) is 9.97 Å². The summed E-state index contributed by atoms with van der Waals surface area (Å²) >= 11 is 0. The molecule has 31 heavy (non-hydrogen) atoms. The molecule has 0 bridgehead atoms. The predicted octanol–water partition coefficient (Wildman–Crippen LogP) is 3.54. The maximum atomic E-state index is 12.4. The van der Waals surface area contributed by atoms with Crippen LogP contribution in [-0.4, -0.2) is 27.3 Å². The normalized spacial score (nSPS) is 19.1. The minimum atomic E-state index is -4.79. The van der Waals surface area contributed by atoms with Gasteiger partial charge in [-0.05, 0) is 55.7 Å². The molecule has 1 aromatic heterocycles. The van der Waals surface area contributed by atoms with Gasteiger partial charge in [0.05, 0.1) is 4.92 Å². The number of halogens is 3. The van der Waals surface area contributed by atoms with Gasteiger partial charge >= 0.3 is 12.0 Å². The fourth-order valence-electron chi connectivity index (χ4n) is 3.64. The van der Waals surface area contributed by atoms with E-state index in [1.54, 1.807) is 6.07 Å². The molecule has 0 aliphatic heterocycles. The van der Waals surface area contributed by atoms with Crippen molar-refractivity contribution in [1.29, 1.82) is 0 Å². The number of benzene rings is 1. The number of aromatic nitrogens is 2. The summed E-state index contributed by atoms with van der Waals surface area (Å²) in [6.07, 6.45) is -1.03. The van der Waals surface area contributed by atoms with Crippen LogP contribution in [0.2, 0.25) is 0 Å². The van der Waals surface area contributed by atoms with Gasteiger partial charge in [0.25, 0.3) is 0 Å². The van der Waals surface area contributed by atoms with E-state index in [-0.39, 0.29) is 47.4 Å². The Hall–Kier alpha value is -3.15. The second-order valence-corrected chi connectivity index (χ2v) is 7.52. The first-order valence-electron chi connectivity index (χ1n) is 9.75. The molecule has 1 aliphatic carbocycles. The number of ether oxygens (including phenoxy) is 1. The van der Waals surface area contributed by atoms with Gasteiger partial charge in [0.1, 0.15) is 11.4 Å². The van der Waals surface area contributed by atoms with Gasteiger partial charge in [-0.2, -0.15) is 4.98 Å². The number of nitro groups is 1. The first-order valence-corrected chi connectivity index (χ1v) is 9.75. The summed E-state index contributed by atoms with van der Waals surface area (Å²) in [5, 5.41) is 14.3. The number of nitrogens with two attached hydrogens (primary N) is 2. The van der Waals surface area contributed by atoms with Crippen molar-refractivity contribution >= 4 is 17.5 Å². The summed E-state index contributed by atoms with van der Waals surface area (Å²) in [7, 11) is 0. The third-order valence-corrected chi connectivity index (χ3v) is 5.12. The lowest BCUT2D eigenvalue weighted by Gasteiger charge is -2.25. The fourth-order valence-corrected chi connectivity index (χ4v) is 3.64. The first-order chi connectivity index (χ1) is 14.6. The fraction of sp³-hybridized carbons (Fsp3) is 0.474. The van der Waals surface area contributed by atoms with Gasteiger partial charge in [0.15, 0.2) is 0 Å². The lowest BCUT2D eigenvalue weighted by molar-refractivity contribution is -0.385. The number of nitrogens with zero attached hydrogens (tertiary/aromatic N) is 3. The Kier molecular flexibility index (Phi) is 6.78. The molecule has 5 N–H and O–H groups in total. The zero-order valence-corrected chi connectivity index (χ0v) is 16.6. The highest BCUT2D eigenvalue weighted by molar-refractivity contribution is 5.58. The Morgan fingerprint density at radius 3 is 2.58 bits per heavy atom. The average Bonchev–Trinajstić information content (AvgIpc) is 2.66. The molecule has 0 saturated heterocycles. The van der Waals surface area contributed by atoms with E-state index >= 15 is 0 Å². The number of alkyl halides is 3. The van der Waals surface area contributed by atoms with Crippen molar-refractivity contribution in [3.05, 3.63) is 45.6 Å². The molecule has 0 spiro atoms. The Bertz CT molecular complexity index is 933. The van der Waals surface area contributed by atoms with E-state index in [0.29, 0.717) is 12.0 Å². The van der Waals surface area contributed by atoms with Crippen LogP contribution >= 0.6 is 0 Å². The molecule has 0 atom stereocenters. The minimum absolute atomic E-state index is 0.0627. The van der Waals surface area contributed by atoms with Crippen molar-refractivity contribution in [3.63, 3.8) is 0 Å². The van der Waals surface area contributed by atoms with Gasteiger partial charge < -0.3 is 21.5 Å². The largest absolute Gasteiger partial charge is 0.573 e. The molecule has 9 nitrogen and oxygen atoms in total. The summed E-state index contributed by atoms with van der Waals surface area (Å²) < 4.78 is 41.1. The van der Waals surface area contributed by atoms with Crippen molar-refractivity contribution in [3.8, 4) is 5.75 Å². The molecule has 0 unspecified atom stereocenters. The van der Waals surface area contributed by atoms with Gasteiger partial charge in [-0.1, -0.05) is 12.1 Å². The van der Waals surface area contributed by atoms with Crippen LogP contribution in [0.3, 0.4) is 0 Å². The molecular formula is C19H23F3N6O3. The van der Waals surface area contributed by atoms with Gasteiger partial charge in [0, 0.05) is 12.6 Å². The third-order valence-electron chi connectivity index (χ3n) is 5.12. The van der Waals surface area contributed by atoms with Crippen LogP contribution in [0.4, 0.5) is 30.6 Å². The van der Waals surface area contributed by atoms with E-state index in [4.69, 9.17) is 11.5 Å². The summed E-state index contributed by atoms with van der Waals surface area (Å²) in [6.45, 7) is 0.0734. The summed E-state index contributed by atoms with van der Waals surface area (Å²) in [5.41, 5.74) is 12.1. The lowest BCUT2D eigenvalue weighted by atomic mass is 9.83. The number of rotatable bonds is 7. The van der Waals surface area contributed by atoms with Crippen LogP contribution in [0.1, 0.15) is 36.9 Å². The van der Waals surface area contributed by atoms with Crippen LogP contribution in [0.15, 0.2) is 24.3 Å². The Morgan fingerprint density at radius 1 is 1.23 bits per heavy atom. The maximum Gasteiger partial charge on any atom is 0.573 e. The van der Waals surface area contributed by atoms with Crippen LogP contribution in [-0.2, 0) is 13.0 Å². The van der Waals surface area contributed by atoms with Gasteiger partial charge in [-0.3, -0.25) is 10.1 Å². The number of hydrogen-bond acceptors (Lipinski definition) is 8. The second kappa shape index (κ2) is 9.33. The molecule has 0 amide bonds. The number of hydrogen-bond donors (Lipinski definition) is 3. The molecule has 12 heteroatoms. The topological polar surface area (TPSA) is 142 Å². The minimum Gasteiger partial charge on any atom is -0.406 e. The zero-order valence-electron chi connectivity index (χ0n) is 16.6. The second-order valence-electron chi connectivity index (χ2n) is 7.52. The molecule has 1 aromatic carbocycles. The SMILES string of the molecule is Nc1nc(NCc2cccc(OC(F)(F)F)c2)nc(C[C@H]2CC[C@H](N)CC2)c1[N+](=O)[O-]. The molecule has 168 valence electrons. The summed E-state index contributed by atoms with van der Waals surface area (Å²) in [4.78, 5) is 19.1. The predicted molar refractivity (Wildman–Crippen MR) is 107 cm³/mol. The van der Waals surface area contributed by atoms with Crippen LogP contribution in [0.5, 0.6) is 5.75 Å². The van der Waals surface area contributed by atoms with Gasteiger partial charge in [-0.15, -0.1) is 13.2 Å².